The first kappa shape index (κ1) is 8.14. The molecule has 0 aromatic heterocycles. The average Bonchev–Trinajstić information content (AvgIpc) is 1.65. The van der Waals surface area contributed by atoms with Crippen LogP contribution in [0.5, 0.6) is 0 Å². The van der Waals surface area contributed by atoms with Gasteiger partial charge in [-0.3, -0.25) is 0 Å². The summed E-state index contributed by atoms with van der Waals surface area (Å²) in [6, 6.07) is 0. The Hall–Kier alpha value is -0.860. The second-order valence-electron chi connectivity index (χ2n) is 2.91. The monoisotopic (exact) mass is 127 g/mol. The molecule has 0 aliphatic carbocycles. The van der Waals surface area contributed by atoms with Crippen LogP contribution >= 0.6 is 0 Å². The van der Waals surface area contributed by atoms with Crippen molar-refractivity contribution in [2.24, 2.45) is 16.4 Å². The molecule has 0 rings (SSSR count). The summed E-state index contributed by atoms with van der Waals surface area (Å²) in [5.74, 6) is 5.01. The van der Waals surface area contributed by atoms with E-state index in [0.717, 1.165) is 0 Å². The molecule has 0 saturated heterocycles. The van der Waals surface area contributed by atoms with E-state index in [-0.39, 0.29) is 5.41 Å². The molecule has 0 unspecified atom stereocenters. The third kappa shape index (κ3) is 2.26. The summed E-state index contributed by atoms with van der Waals surface area (Å²) >= 11 is 0. The molecule has 0 atom stereocenters. The van der Waals surface area contributed by atoms with E-state index >= 15 is 0 Å². The van der Waals surface area contributed by atoms with E-state index in [4.69, 9.17) is 11.3 Å². The van der Waals surface area contributed by atoms with Gasteiger partial charge in [0.05, 0.1) is 5.71 Å². The number of nitrogens with zero attached hydrogens (tertiary/aromatic N) is 1. The molecule has 0 heterocycles. The van der Waals surface area contributed by atoms with Gasteiger partial charge in [-0.25, -0.2) is 0 Å². The quantitative estimate of drug-likeness (QED) is 0.308. The smallest absolute Gasteiger partial charge is 0.0828 e. The van der Waals surface area contributed by atoms with Crippen LogP contribution in [0.4, 0.5) is 0 Å². The molecule has 0 radical (unpaired) electrons. The zero-order valence-electron chi connectivity index (χ0n) is 6.10. The van der Waals surface area contributed by atoms with Crippen molar-refractivity contribution >= 4 is 11.9 Å². The summed E-state index contributed by atoms with van der Waals surface area (Å²) in [6.45, 7) is 5.89. The minimum absolute atomic E-state index is 0.101. The average molecular weight is 127 g/mol. The van der Waals surface area contributed by atoms with Crippen molar-refractivity contribution in [1.29, 1.82) is 5.41 Å². The molecule has 0 aliphatic rings. The van der Waals surface area contributed by atoms with Crippen molar-refractivity contribution in [3.63, 3.8) is 0 Å². The van der Waals surface area contributed by atoms with Crippen LogP contribution in [0.1, 0.15) is 20.8 Å². The molecular weight excluding hydrogens is 114 g/mol. The van der Waals surface area contributed by atoms with E-state index in [0.29, 0.717) is 5.71 Å². The summed E-state index contributed by atoms with van der Waals surface area (Å²) in [6.07, 6.45) is 1.18. The van der Waals surface area contributed by atoms with E-state index in [9.17, 15) is 0 Å². The minimum atomic E-state index is -0.101. The van der Waals surface area contributed by atoms with Crippen molar-refractivity contribution < 1.29 is 0 Å². The van der Waals surface area contributed by atoms with Crippen LogP contribution in [0.2, 0.25) is 0 Å². The van der Waals surface area contributed by atoms with Crippen molar-refractivity contribution in [3.05, 3.63) is 0 Å². The zero-order valence-corrected chi connectivity index (χ0v) is 6.10. The third-order valence-corrected chi connectivity index (χ3v) is 1.04. The number of hydrazone groups is 1. The second-order valence-corrected chi connectivity index (χ2v) is 2.91. The van der Waals surface area contributed by atoms with Gasteiger partial charge in [0.1, 0.15) is 0 Å². The number of nitrogens with two attached hydrogens (primary N) is 1. The highest BCUT2D eigenvalue weighted by Crippen LogP contribution is 2.13. The van der Waals surface area contributed by atoms with Crippen LogP contribution in [0.3, 0.4) is 0 Å². The molecule has 0 bridgehead atoms. The van der Waals surface area contributed by atoms with Crippen molar-refractivity contribution in [2.45, 2.75) is 20.8 Å². The topological polar surface area (TPSA) is 62.2 Å². The predicted octanol–water partition coefficient (Wildman–Crippen LogP) is 0.997. The molecule has 3 heteroatoms. The largest absolute Gasteiger partial charge is 0.323 e. The molecule has 0 fully saturated rings. The third-order valence-electron chi connectivity index (χ3n) is 1.04. The van der Waals surface area contributed by atoms with Crippen molar-refractivity contribution in [1.82, 2.24) is 0 Å². The minimum Gasteiger partial charge on any atom is -0.323 e. The van der Waals surface area contributed by atoms with Gasteiger partial charge in [-0.15, -0.1) is 0 Å². The van der Waals surface area contributed by atoms with Crippen molar-refractivity contribution in [3.8, 4) is 0 Å². The molecule has 0 spiro atoms. The first-order valence-corrected chi connectivity index (χ1v) is 2.81. The highest BCUT2D eigenvalue weighted by Gasteiger charge is 2.15. The van der Waals surface area contributed by atoms with Crippen LogP contribution in [0, 0.1) is 10.8 Å². The molecule has 3 nitrogen and oxygen atoms in total. The van der Waals surface area contributed by atoms with Gasteiger partial charge < -0.3 is 11.3 Å². The fourth-order valence-electron chi connectivity index (χ4n) is 0.447. The first-order valence-electron chi connectivity index (χ1n) is 2.81. The lowest BCUT2D eigenvalue weighted by Gasteiger charge is -2.15. The lowest BCUT2D eigenvalue weighted by atomic mass is 9.91. The first-order chi connectivity index (χ1) is 4.02. The van der Waals surface area contributed by atoms with Crippen LogP contribution in [-0.2, 0) is 0 Å². The van der Waals surface area contributed by atoms with Gasteiger partial charge in [0.25, 0.3) is 0 Å². The normalized spacial score (nSPS) is 13.4. The summed E-state index contributed by atoms with van der Waals surface area (Å²) in [5.41, 5.74) is 0.513. The van der Waals surface area contributed by atoms with E-state index in [1.807, 2.05) is 20.8 Å². The Bertz CT molecular complexity index is 130. The molecule has 52 valence electrons. The maximum atomic E-state index is 6.88. The Balaban J connectivity index is 4.32. The molecule has 0 aromatic carbocycles. The van der Waals surface area contributed by atoms with Gasteiger partial charge in [0.2, 0.25) is 0 Å². The van der Waals surface area contributed by atoms with Crippen LogP contribution < -0.4 is 5.84 Å². The number of hydrogen-bond acceptors (Lipinski definition) is 3. The van der Waals surface area contributed by atoms with E-state index in [2.05, 4.69) is 5.10 Å². The fourth-order valence-corrected chi connectivity index (χ4v) is 0.447. The highest BCUT2D eigenvalue weighted by atomic mass is 15.1. The predicted molar refractivity (Wildman–Crippen MR) is 39.9 cm³/mol. The molecular formula is C6H13N3. The fraction of sp³-hybridized carbons (Fsp3) is 0.667. The highest BCUT2D eigenvalue weighted by molar-refractivity contribution is 6.31. The SMILES string of the molecule is CC(C)(C)/C(C=N)=N/N. The maximum Gasteiger partial charge on any atom is 0.0828 e. The maximum absolute atomic E-state index is 6.88. The van der Waals surface area contributed by atoms with E-state index in [1.165, 1.54) is 6.21 Å². The Morgan fingerprint density at radius 3 is 2.00 bits per heavy atom. The van der Waals surface area contributed by atoms with Gasteiger partial charge in [-0.1, -0.05) is 20.8 Å². The molecule has 0 aromatic rings. The van der Waals surface area contributed by atoms with Crippen LogP contribution in [0.25, 0.3) is 0 Å². The second kappa shape index (κ2) is 2.62. The number of rotatable bonds is 1. The van der Waals surface area contributed by atoms with Gasteiger partial charge in [-0.05, 0) is 0 Å². The van der Waals surface area contributed by atoms with E-state index in [1.54, 1.807) is 0 Å². The summed E-state index contributed by atoms with van der Waals surface area (Å²) in [4.78, 5) is 0. The lowest BCUT2D eigenvalue weighted by molar-refractivity contribution is 0.596. The van der Waals surface area contributed by atoms with Crippen LogP contribution in [0.15, 0.2) is 5.10 Å². The lowest BCUT2D eigenvalue weighted by Crippen LogP contribution is -2.22. The summed E-state index contributed by atoms with van der Waals surface area (Å²) in [7, 11) is 0. The van der Waals surface area contributed by atoms with Gasteiger partial charge in [0, 0.05) is 11.6 Å². The molecule has 9 heavy (non-hydrogen) atoms. The summed E-state index contributed by atoms with van der Waals surface area (Å²) in [5, 5.41) is 10.3. The Morgan fingerprint density at radius 1 is 1.56 bits per heavy atom. The van der Waals surface area contributed by atoms with Crippen LogP contribution in [-0.4, -0.2) is 11.9 Å². The molecule has 0 saturated carbocycles. The Labute approximate surface area is 55.5 Å². The van der Waals surface area contributed by atoms with Crippen molar-refractivity contribution in [2.75, 3.05) is 0 Å². The van der Waals surface area contributed by atoms with Gasteiger partial charge in [0.15, 0.2) is 0 Å². The van der Waals surface area contributed by atoms with Gasteiger partial charge >= 0.3 is 0 Å². The molecule has 0 amide bonds. The summed E-state index contributed by atoms with van der Waals surface area (Å²) < 4.78 is 0. The molecule has 0 aliphatic heterocycles. The number of nitrogens with one attached hydrogen (secondary N) is 1. The van der Waals surface area contributed by atoms with Gasteiger partial charge in [-0.2, -0.15) is 5.10 Å². The van der Waals surface area contributed by atoms with E-state index < -0.39 is 0 Å². The Morgan fingerprint density at radius 2 is 2.00 bits per heavy atom. The zero-order chi connectivity index (χ0) is 7.49. The Kier molecular flexibility index (Phi) is 2.37. The number of hydrogen-bond donors (Lipinski definition) is 2. The molecule has 3 N–H and O–H groups in total. The standard InChI is InChI=1S/C6H13N3/c1-6(2,3)5(4-7)9-8/h4,7H,8H2,1-3H3/b7-4?,9-5+.